The molecule has 3 heterocycles. The number of hydrogen-bond donors (Lipinski definition) is 0. The highest BCUT2D eigenvalue weighted by Gasteiger charge is 2.16. The van der Waals surface area contributed by atoms with Gasteiger partial charge in [-0.15, -0.1) is 16.4 Å². The highest BCUT2D eigenvalue weighted by Crippen LogP contribution is 2.33. The van der Waals surface area contributed by atoms with E-state index in [4.69, 9.17) is 26.1 Å². The second kappa shape index (κ2) is 7.83. The molecule has 0 bridgehead atoms. The average molecular weight is 451 g/mol. The Labute approximate surface area is 188 Å². The lowest BCUT2D eigenvalue weighted by Gasteiger charge is -2.12. The van der Waals surface area contributed by atoms with Gasteiger partial charge in [-0.05, 0) is 49.7 Å². The zero-order valence-corrected chi connectivity index (χ0v) is 18.8. The summed E-state index contributed by atoms with van der Waals surface area (Å²) in [5, 5.41) is 6.28. The summed E-state index contributed by atoms with van der Waals surface area (Å²) in [4.78, 5) is 11.6. The van der Waals surface area contributed by atoms with Gasteiger partial charge in [0.05, 0.1) is 17.5 Å². The molecule has 0 atom stereocenters. The monoisotopic (exact) mass is 450 g/mol. The fourth-order valence-corrected chi connectivity index (χ4v) is 4.70. The largest absolute Gasteiger partial charge is 0.496 e. The topological polar surface area (TPSA) is 61.5 Å². The molecule has 31 heavy (non-hydrogen) atoms. The van der Waals surface area contributed by atoms with Crippen LogP contribution in [0.25, 0.3) is 27.3 Å². The summed E-state index contributed by atoms with van der Waals surface area (Å²) < 4.78 is 13.2. The summed E-state index contributed by atoms with van der Waals surface area (Å²) in [5.41, 5.74) is 3.76. The summed E-state index contributed by atoms with van der Waals surface area (Å²) in [6, 6.07) is 13.2. The van der Waals surface area contributed by atoms with E-state index in [9.17, 15) is 0 Å². The Morgan fingerprint density at radius 2 is 1.94 bits per heavy atom. The van der Waals surface area contributed by atoms with Crippen LogP contribution < -0.4 is 9.47 Å². The van der Waals surface area contributed by atoms with E-state index in [2.05, 4.69) is 23.9 Å². The molecule has 5 rings (SSSR count). The Balaban J connectivity index is 1.54. The molecule has 8 heteroatoms. The quantitative estimate of drug-likeness (QED) is 0.335. The van der Waals surface area contributed by atoms with Crippen LogP contribution in [0.2, 0.25) is 5.02 Å². The van der Waals surface area contributed by atoms with Gasteiger partial charge in [-0.1, -0.05) is 23.7 Å². The predicted octanol–water partition coefficient (Wildman–Crippen LogP) is 5.86. The normalized spacial score (nSPS) is 11.4. The van der Waals surface area contributed by atoms with Gasteiger partial charge < -0.3 is 9.47 Å². The van der Waals surface area contributed by atoms with Crippen molar-refractivity contribution >= 4 is 38.8 Å². The van der Waals surface area contributed by atoms with Gasteiger partial charge in [0.1, 0.15) is 29.3 Å². The molecule has 0 fully saturated rings. The van der Waals surface area contributed by atoms with E-state index in [1.54, 1.807) is 35.4 Å². The molecule has 156 valence electrons. The van der Waals surface area contributed by atoms with Gasteiger partial charge >= 0.3 is 0 Å². The van der Waals surface area contributed by atoms with Crippen molar-refractivity contribution in [2.45, 2.75) is 20.5 Å². The van der Waals surface area contributed by atoms with Crippen LogP contribution in [0.3, 0.4) is 0 Å². The first kappa shape index (κ1) is 19.8. The molecular formula is C23H19ClN4O2S. The summed E-state index contributed by atoms with van der Waals surface area (Å²) in [5.74, 6) is 1.98. The van der Waals surface area contributed by atoms with Crippen molar-refractivity contribution in [2.24, 2.45) is 0 Å². The Morgan fingerprint density at radius 3 is 2.74 bits per heavy atom. The number of hydrogen-bond acceptors (Lipinski definition) is 6. The summed E-state index contributed by atoms with van der Waals surface area (Å²) in [6.45, 7) is 4.51. The summed E-state index contributed by atoms with van der Waals surface area (Å²) in [6.07, 6.45) is 1.72. The molecule has 0 aliphatic carbocycles. The maximum Gasteiger partial charge on any atom is 0.182 e. The molecule has 0 aliphatic heterocycles. The first-order chi connectivity index (χ1) is 15.0. The van der Waals surface area contributed by atoms with Crippen molar-refractivity contribution < 1.29 is 9.47 Å². The van der Waals surface area contributed by atoms with Crippen LogP contribution in [0.15, 0.2) is 48.8 Å². The van der Waals surface area contributed by atoms with Gasteiger partial charge in [-0.3, -0.25) is 0 Å². The lowest BCUT2D eigenvalue weighted by molar-refractivity contribution is 0.297. The molecule has 0 amide bonds. The van der Waals surface area contributed by atoms with Crippen LogP contribution in [-0.2, 0) is 6.61 Å². The lowest BCUT2D eigenvalue weighted by atomic mass is 10.1. The zero-order chi connectivity index (χ0) is 21.5. The summed E-state index contributed by atoms with van der Waals surface area (Å²) >= 11 is 7.89. The minimum Gasteiger partial charge on any atom is -0.496 e. The van der Waals surface area contributed by atoms with Gasteiger partial charge in [0.25, 0.3) is 0 Å². The number of fused-ring (bicyclic) bond motifs is 3. The van der Waals surface area contributed by atoms with E-state index in [0.29, 0.717) is 23.2 Å². The Kier molecular flexibility index (Phi) is 5.00. The van der Waals surface area contributed by atoms with Crippen molar-refractivity contribution in [1.82, 2.24) is 19.6 Å². The number of benzene rings is 2. The van der Waals surface area contributed by atoms with Crippen molar-refractivity contribution in [1.29, 1.82) is 0 Å². The molecule has 0 saturated carbocycles. The molecular weight excluding hydrogens is 432 g/mol. The molecule has 3 aromatic heterocycles. The molecule has 5 aromatic rings. The Bertz CT molecular complexity index is 1430. The number of halogens is 1. The van der Waals surface area contributed by atoms with Gasteiger partial charge in [0.2, 0.25) is 0 Å². The maximum atomic E-state index is 6.21. The van der Waals surface area contributed by atoms with Crippen LogP contribution in [0.4, 0.5) is 0 Å². The smallest absolute Gasteiger partial charge is 0.182 e. The molecule has 6 nitrogen and oxygen atoms in total. The number of aromatic nitrogens is 4. The minimum absolute atomic E-state index is 0.308. The van der Waals surface area contributed by atoms with Crippen LogP contribution in [0.5, 0.6) is 11.5 Å². The fourth-order valence-electron chi connectivity index (χ4n) is 3.51. The zero-order valence-electron chi connectivity index (χ0n) is 17.2. The number of para-hydroxylation sites is 1. The molecule has 2 aromatic carbocycles. The third-order valence-corrected chi connectivity index (χ3v) is 6.69. The molecule has 0 saturated heterocycles. The number of aryl methyl sites for hydroxylation is 2. The van der Waals surface area contributed by atoms with Gasteiger partial charge in [0.15, 0.2) is 11.5 Å². The first-order valence-corrected chi connectivity index (χ1v) is 10.9. The number of ether oxygens (including phenoxy) is 2. The predicted molar refractivity (Wildman–Crippen MR) is 123 cm³/mol. The first-order valence-electron chi connectivity index (χ1n) is 9.71. The van der Waals surface area contributed by atoms with E-state index < -0.39 is 0 Å². The van der Waals surface area contributed by atoms with Crippen molar-refractivity contribution in [3.8, 4) is 22.9 Å². The molecule has 0 radical (unpaired) electrons. The van der Waals surface area contributed by atoms with Crippen LogP contribution >= 0.6 is 22.9 Å². The van der Waals surface area contributed by atoms with E-state index in [1.807, 2.05) is 36.4 Å². The van der Waals surface area contributed by atoms with E-state index in [0.717, 1.165) is 32.7 Å². The number of nitrogens with zero attached hydrogens (tertiary/aromatic N) is 4. The van der Waals surface area contributed by atoms with E-state index >= 15 is 0 Å². The highest BCUT2D eigenvalue weighted by molar-refractivity contribution is 7.18. The van der Waals surface area contributed by atoms with Gasteiger partial charge in [-0.2, -0.15) is 0 Å². The Hall–Kier alpha value is -3.16. The molecule has 0 spiro atoms. The van der Waals surface area contributed by atoms with Crippen LogP contribution in [0.1, 0.15) is 16.0 Å². The number of thiophene rings is 1. The SMILES string of the molecule is COc1ccc(-c2nc3c4c(C)c(C)sc4ncn3n2)cc1COc1ccccc1Cl. The third-order valence-electron chi connectivity index (χ3n) is 5.26. The van der Waals surface area contributed by atoms with Crippen molar-refractivity contribution in [2.75, 3.05) is 7.11 Å². The molecule has 0 unspecified atom stereocenters. The van der Waals surface area contributed by atoms with Gasteiger partial charge in [-0.25, -0.2) is 14.5 Å². The van der Waals surface area contributed by atoms with Crippen LogP contribution in [0, 0.1) is 13.8 Å². The second-order valence-electron chi connectivity index (χ2n) is 7.16. The molecule has 0 aliphatic rings. The lowest BCUT2D eigenvalue weighted by Crippen LogP contribution is -2.00. The molecule has 0 N–H and O–H groups in total. The average Bonchev–Trinajstić information content (AvgIpc) is 3.33. The number of methoxy groups -OCH3 is 1. The highest BCUT2D eigenvalue weighted by atomic mass is 35.5. The standard InChI is InChI=1S/C23H19ClN4O2S/c1-13-14(2)31-23-20(13)22-26-21(27-28(22)12-25-23)15-8-9-18(29-3)16(10-15)11-30-19-7-5-4-6-17(19)24/h4-10,12H,11H2,1-3H3. The third kappa shape index (κ3) is 3.49. The van der Waals surface area contributed by atoms with Gasteiger partial charge in [0, 0.05) is 16.0 Å². The number of rotatable bonds is 5. The maximum absolute atomic E-state index is 6.21. The van der Waals surface area contributed by atoms with Crippen molar-refractivity contribution in [3.63, 3.8) is 0 Å². The Morgan fingerprint density at radius 1 is 1.10 bits per heavy atom. The second-order valence-corrected chi connectivity index (χ2v) is 8.77. The van der Waals surface area contributed by atoms with Crippen LogP contribution in [-0.4, -0.2) is 26.7 Å². The minimum atomic E-state index is 0.308. The van der Waals surface area contributed by atoms with E-state index in [1.165, 1.54) is 10.4 Å². The summed E-state index contributed by atoms with van der Waals surface area (Å²) in [7, 11) is 1.64. The fraction of sp³-hybridized carbons (Fsp3) is 0.174. The van der Waals surface area contributed by atoms with E-state index in [-0.39, 0.29) is 0 Å². The van der Waals surface area contributed by atoms with Crippen molar-refractivity contribution in [3.05, 3.63) is 69.8 Å².